The minimum atomic E-state index is -0.985. The van der Waals surface area contributed by atoms with Gasteiger partial charge in [0.05, 0.1) is 30.2 Å². The molecular formula is C22H30F2N2O5. The molecule has 31 heavy (non-hydrogen) atoms. The van der Waals surface area contributed by atoms with Gasteiger partial charge in [0.1, 0.15) is 17.2 Å². The summed E-state index contributed by atoms with van der Waals surface area (Å²) in [6.45, 7) is 6.86. The molecule has 2 amide bonds. The highest BCUT2D eigenvalue weighted by Gasteiger charge is 2.41. The van der Waals surface area contributed by atoms with Crippen molar-refractivity contribution in [3.8, 4) is 0 Å². The smallest absolute Gasteiger partial charge is 0.410 e. The molecule has 0 aliphatic carbocycles. The van der Waals surface area contributed by atoms with Gasteiger partial charge >= 0.3 is 6.09 Å². The number of benzene rings is 1. The number of rotatable bonds is 7. The van der Waals surface area contributed by atoms with Gasteiger partial charge in [-0.2, -0.15) is 0 Å². The zero-order valence-corrected chi connectivity index (χ0v) is 18.5. The second-order valence-electron chi connectivity index (χ2n) is 8.61. The fraction of sp³-hybridized carbons (Fsp3) is 0.591. The van der Waals surface area contributed by atoms with E-state index in [0.29, 0.717) is 13.0 Å². The Labute approximate surface area is 181 Å². The highest BCUT2D eigenvalue weighted by Crippen LogP contribution is 2.28. The van der Waals surface area contributed by atoms with Crippen molar-refractivity contribution in [2.24, 2.45) is 5.92 Å². The minimum Gasteiger partial charge on any atom is -0.444 e. The topological polar surface area (TPSA) is 84.9 Å². The molecule has 9 heteroatoms. The van der Waals surface area contributed by atoms with Crippen LogP contribution < -0.4 is 5.32 Å². The van der Waals surface area contributed by atoms with E-state index in [0.717, 1.165) is 24.6 Å². The van der Waals surface area contributed by atoms with Gasteiger partial charge in [-0.05, 0) is 45.7 Å². The lowest BCUT2D eigenvalue weighted by Crippen LogP contribution is -2.51. The summed E-state index contributed by atoms with van der Waals surface area (Å²) in [4.78, 5) is 38.9. The van der Waals surface area contributed by atoms with Crippen molar-refractivity contribution >= 4 is 17.8 Å². The fourth-order valence-electron chi connectivity index (χ4n) is 3.71. The highest BCUT2D eigenvalue weighted by atomic mass is 19.1. The summed E-state index contributed by atoms with van der Waals surface area (Å²) >= 11 is 0. The monoisotopic (exact) mass is 440 g/mol. The number of nitrogens with zero attached hydrogens (tertiary/aromatic N) is 1. The lowest BCUT2D eigenvalue weighted by Gasteiger charge is -2.34. The van der Waals surface area contributed by atoms with Gasteiger partial charge in [-0.25, -0.2) is 13.6 Å². The number of likely N-dealkylation sites (tertiary alicyclic amines) is 1. The zero-order valence-electron chi connectivity index (χ0n) is 18.5. The van der Waals surface area contributed by atoms with E-state index < -0.39 is 59.1 Å². The van der Waals surface area contributed by atoms with Crippen LogP contribution in [-0.4, -0.2) is 60.6 Å². The van der Waals surface area contributed by atoms with Crippen LogP contribution >= 0.6 is 0 Å². The molecule has 0 spiro atoms. The van der Waals surface area contributed by atoms with Crippen molar-refractivity contribution in [1.29, 1.82) is 0 Å². The number of nitrogens with one attached hydrogen (secondary N) is 1. The molecule has 1 N–H and O–H groups in total. The van der Waals surface area contributed by atoms with E-state index in [1.807, 2.05) is 0 Å². The molecule has 1 saturated heterocycles. The summed E-state index contributed by atoms with van der Waals surface area (Å²) in [5, 5.41) is 2.42. The van der Waals surface area contributed by atoms with Gasteiger partial charge in [0.2, 0.25) is 5.91 Å². The number of amides is 2. The Balaban J connectivity index is 2.04. The summed E-state index contributed by atoms with van der Waals surface area (Å²) in [7, 11) is 1.44. The van der Waals surface area contributed by atoms with E-state index in [1.165, 1.54) is 7.11 Å². The van der Waals surface area contributed by atoms with Crippen molar-refractivity contribution in [2.45, 2.75) is 58.3 Å². The predicted octanol–water partition coefficient (Wildman–Crippen LogP) is 3.31. The van der Waals surface area contributed by atoms with Gasteiger partial charge in [0.15, 0.2) is 5.78 Å². The SMILES string of the molecule is COC(C(C)C(=O)NCC(=O)c1c(F)cccc1F)C1CCCN1C(=O)OC(C)(C)C. The predicted molar refractivity (Wildman–Crippen MR) is 110 cm³/mol. The molecule has 172 valence electrons. The quantitative estimate of drug-likeness (QED) is 0.658. The van der Waals surface area contributed by atoms with Crippen molar-refractivity contribution in [3.63, 3.8) is 0 Å². The fourth-order valence-corrected chi connectivity index (χ4v) is 3.71. The molecule has 1 aliphatic heterocycles. The van der Waals surface area contributed by atoms with Crippen LogP contribution in [0.1, 0.15) is 50.9 Å². The summed E-state index contributed by atoms with van der Waals surface area (Å²) < 4.78 is 38.5. The van der Waals surface area contributed by atoms with E-state index in [1.54, 1.807) is 32.6 Å². The first-order chi connectivity index (χ1) is 14.5. The molecule has 1 aromatic carbocycles. The molecule has 3 atom stereocenters. The van der Waals surface area contributed by atoms with Crippen LogP contribution in [0.3, 0.4) is 0 Å². The lowest BCUT2D eigenvalue weighted by atomic mass is 9.95. The molecule has 0 bridgehead atoms. The first-order valence-corrected chi connectivity index (χ1v) is 10.2. The van der Waals surface area contributed by atoms with Crippen LogP contribution in [0.5, 0.6) is 0 Å². The van der Waals surface area contributed by atoms with Crippen LogP contribution in [0.25, 0.3) is 0 Å². The number of carbonyl (C=O) groups excluding carboxylic acids is 3. The average molecular weight is 440 g/mol. The van der Waals surface area contributed by atoms with Crippen molar-refractivity contribution in [3.05, 3.63) is 35.4 Å². The summed E-state index contributed by atoms with van der Waals surface area (Å²) in [5.74, 6) is -4.09. The first kappa shape index (κ1) is 24.7. The average Bonchev–Trinajstić information content (AvgIpc) is 3.14. The Morgan fingerprint density at radius 2 is 1.84 bits per heavy atom. The second kappa shape index (κ2) is 10.2. The number of ether oxygens (including phenoxy) is 2. The molecule has 0 radical (unpaired) electrons. The Bertz CT molecular complexity index is 804. The number of methoxy groups -OCH3 is 1. The van der Waals surface area contributed by atoms with E-state index >= 15 is 0 Å². The first-order valence-electron chi connectivity index (χ1n) is 10.2. The van der Waals surface area contributed by atoms with Crippen molar-refractivity contribution < 1.29 is 32.6 Å². The molecule has 1 aliphatic rings. The van der Waals surface area contributed by atoms with Crippen LogP contribution in [-0.2, 0) is 14.3 Å². The Hall–Kier alpha value is -2.55. The summed E-state index contributed by atoms with van der Waals surface area (Å²) in [6, 6.07) is 2.74. The van der Waals surface area contributed by atoms with Gasteiger partial charge in [-0.3, -0.25) is 9.59 Å². The van der Waals surface area contributed by atoms with Crippen LogP contribution in [0, 0.1) is 17.6 Å². The van der Waals surface area contributed by atoms with Crippen LogP contribution in [0.2, 0.25) is 0 Å². The van der Waals surface area contributed by atoms with Gasteiger partial charge < -0.3 is 19.7 Å². The number of Topliss-reactive ketones (excluding diaryl/α,β-unsaturated/α-hetero) is 1. The van der Waals surface area contributed by atoms with Crippen LogP contribution in [0.4, 0.5) is 13.6 Å². The van der Waals surface area contributed by atoms with E-state index in [9.17, 15) is 23.2 Å². The summed E-state index contributed by atoms with van der Waals surface area (Å²) in [6.07, 6.45) is 0.253. The molecule has 2 rings (SSSR count). The van der Waals surface area contributed by atoms with Gasteiger partial charge in [-0.1, -0.05) is 13.0 Å². The Morgan fingerprint density at radius 1 is 1.23 bits per heavy atom. The number of hydrogen-bond acceptors (Lipinski definition) is 5. The van der Waals surface area contributed by atoms with Gasteiger partial charge in [0, 0.05) is 13.7 Å². The molecule has 1 fully saturated rings. The highest BCUT2D eigenvalue weighted by molar-refractivity contribution is 6.00. The Morgan fingerprint density at radius 3 is 2.39 bits per heavy atom. The molecule has 0 aromatic heterocycles. The van der Waals surface area contributed by atoms with Gasteiger partial charge in [0.25, 0.3) is 0 Å². The largest absolute Gasteiger partial charge is 0.444 e. The third-order valence-electron chi connectivity index (χ3n) is 5.15. The number of carbonyl (C=O) groups is 3. The summed E-state index contributed by atoms with van der Waals surface area (Å²) in [5.41, 5.74) is -1.34. The third-order valence-corrected chi connectivity index (χ3v) is 5.15. The minimum absolute atomic E-state index is 0.375. The normalized spacial score (nSPS) is 18.4. The number of ketones is 1. The Kier molecular flexibility index (Phi) is 8.11. The lowest BCUT2D eigenvalue weighted by molar-refractivity contribution is -0.130. The number of halogens is 2. The molecule has 1 aromatic rings. The van der Waals surface area contributed by atoms with Crippen molar-refractivity contribution in [2.75, 3.05) is 20.2 Å². The van der Waals surface area contributed by atoms with E-state index in [-0.39, 0.29) is 6.04 Å². The number of hydrogen-bond donors (Lipinski definition) is 1. The molecular weight excluding hydrogens is 410 g/mol. The molecule has 7 nitrogen and oxygen atoms in total. The maximum Gasteiger partial charge on any atom is 0.410 e. The molecule has 3 unspecified atom stereocenters. The maximum absolute atomic E-state index is 13.8. The molecule has 1 heterocycles. The standard InChI is InChI=1S/C22H30F2N2O5/c1-13(20(28)25-12-17(27)18-14(23)8-6-9-15(18)24)19(30-5)16-10-7-11-26(16)21(29)31-22(2,3)4/h6,8-9,13,16,19H,7,10-12H2,1-5H3,(H,25,28). The van der Waals surface area contributed by atoms with Crippen LogP contribution in [0.15, 0.2) is 18.2 Å². The molecule has 0 saturated carbocycles. The maximum atomic E-state index is 13.8. The van der Waals surface area contributed by atoms with E-state index in [4.69, 9.17) is 9.47 Å². The second-order valence-corrected chi connectivity index (χ2v) is 8.61. The third kappa shape index (κ3) is 6.22. The zero-order chi connectivity index (χ0) is 23.3. The van der Waals surface area contributed by atoms with Crippen molar-refractivity contribution in [1.82, 2.24) is 10.2 Å². The van der Waals surface area contributed by atoms with E-state index in [2.05, 4.69) is 5.32 Å². The van der Waals surface area contributed by atoms with Gasteiger partial charge in [-0.15, -0.1) is 0 Å².